The van der Waals surface area contributed by atoms with Crippen molar-refractivity contribution >= 4 is 5.97 Å². The van der Waals surface area contributed by atoms with Crippen LogP contribution in [0.4, 0.5) is 13.2 Å². The number of furan rings is 1. The zero-order valence-electron chi connectivity index (χ0n) is 9.91. The first-order chi connectivity index (χ1) is 8.19. The number of nitrogens with one attached hydrogen (secondary N) is 1. The van der Waals surface area contributed by atoms with Crippen molar-refractivity contribution in [3.05, 3.63) is 23.7 Å². The minimum Gasteiger partial charge on any atom is -0.475 e. The molecule has 0 amide bonds. The number of halogens is 3. The highest BCUT2D eigenvalue weighted by atomic mass is 19.4. The van der Waals surface area contributed by atoms with Gasteiger partial charge < -0.3 is 14.8 Å². The molecule has 18 heavy (non-hydrogen) atoms. The number of aromatic carboxylic acids is 1. The van der Waals surface area contributed by atoms with Gasteiger partial charge in [-0.15, -0.1) is 0 Å². The smallest absolute Gasteiger partial charge is 0.390 e. The fourth-order valence-corrected chi connectivity index (χ4v) is 1.62. The first-order valence-corrected chi connectivity index (χ1v) is 5.35. The van der Waals surface area contributed by atoms with Crippen molar-refractivity contribution in [1.82, 2.24) is 5.32 Å². The molecule has 0 saturated heterocycles. The molecule has 2 N–H and O–H groups in total. The Hall–Kier alpha value is -1.50. The molecule has 0 aliphatic carbocycles. The molecule has 0 spiro atoms. The van der Waals surface area contributed by atoms with Crippen LogP contribution in [0.25, 0.3) is 0 Å². The lowest BCUT2D eigenvalue weighted by atomic mass is 10.2. The molecule has 0 bridgehead atoms. The second-order valence-electron chi connectivity index (χ2n) is 4.12. The summed E-state index contributed by atoms with van der Waals surface area (Å²) in [5.41, 5.74) is 0. The third kappa shape index (κ3) is 4.40. The summed E-state index contributed by atoms with van der Waals surface area (Å²) >= 11 is 0. The van der Waals surface area contributed by atoms with Crippen LogP contribution in [0.2, 0.25) is 0 Å². The van der Waals surface area contributed by atoms with Crippen LogP contribution in [-0.2, 0) is 0 Å². The Balaban J connectivity index is 2.59. The zero-order valence-corrected chi connectivity index (χ0v) is 9.91. The zero-order chi connectivity index (χ0) is 13.9. The van der Waals surface area contributed by atoms with E-state index >= 15 is 0 Å². The normalized spacial score (nSPS) is 15.4. The molecule has 2 unspecified atom stereocenters. The fourth-order valence-electron chi connectivity index (χ4n) is 1.62. The van der Waals surface area contributed by atoms with Crippen molar-refractivity contribution < 1.29 is 27.5 Å². The average Bonchev–Trinajstić information content (AvgIpc) is 2.62. The maximum atomic E-state index is 12.1. The van der Waals surface area contributed by atoms with E-state index in [9.17, 15) is 18.0 Å². The Morgan fingerprint density at radius 2 is 2.06 bits per heavy atom. The number of carboxylic acid groups (broad SMARTS) is 1. The van der Waals surface area contributed by atoms with E-state index in [1.165, 1.54) is 19.1 Å². The fraction of sp³-hybridized carbons (Fsp3) is 0.545. The summed E-state index contributed by atoms with van der Waals surface area (Å²) in [5.74, 6) is -1.15. The van der Waals surface area contributed by atoms with Crippen LogP contribution < -0.4 is 5.32 Å². The highest BCUT2D eigenvalue weighted by Gasteiger charge is 2.30. The van der Waals surface area contributed by atoms with E-state index in [0.717, 1.165) is 0 Å². The van der Waals surface area contributed by atoms with Gasteiger partial charge in [0.25, 0.3) is 0 Å². The second-order valence-corrected chi connectivity index (χ2v) is 4.12. The van der Waals surface area contributed by atoms with Crippen LogP contribution in [0, 0.1) is 0 Å². The van der Waals surface area contributed by atoms with Gasteiger partial charge in [-0.05, 0) is 26.0 Å². The van der Waals surface area contributed by atoms with E-state index in [1.807, 2.05) is 0 Å². The standard InChI is InChI=1S/C11H14F3NO3/c1-6(5-11(12,13)14)15-7(2)8-3-4-9(18-8)10(16)17/h3-4,6-7,15H,5H2,1-2H3,(H,16,17). The van der Waals surface area contributed by atoms with Gasteiger partial charge in [-0.3, -0.25) is 0 Å². The Bertz CT molecular complexity index is 414. The van der Waals surface area contributed by atoms with E-state index in [4.69, 9.17) is 9.52 Å². The molecule has 1 heterocycles. The quantitative estimate of drug-likeness (QED) is 0.859. The van der Waals surface area contributed by atoms with Crippen molar-refractivity contribution in [1.29, 1.82) is 0 Å². The summed E-state index contributed by atoms with van der Waals surface area (Å²) < 4.78 is 41.4. The van der Waals surface area contributed by atoms with Gasteiger partial charge in [0, 0.05) is 6.04 Å². The van der Waals surface area contributed by atoms with Crippen molar-refractivity contribution in [3.63, 3.8) is 0 Å². The summed E-state index contributed by atoms with van der Waals surface area (Å²) in [6, 6.07) is 1.43. The molecule has 1 aromatic heterocycles. The first-order valence-electron chi connectivity index (χ1n) is 5.35. The van der Waals surface area contributed by atoms with Gasteiger partial charge in [0.1, 0.15) is 5.76 Å². The maximum Gasteiger partial charge on any atom is 0.390 e. The largest absolute Gasteiger partial charge is 0.475 e. The molecule has 0 fully saturated rings. The molecule has 4 nitrogen and oxygen atoms in total. The summed E-state index contributed by atoms with van der Waals surface area (Å²) in [6.45, 7) is 3.02. The van der Waals surface area contributed by atoms with E-state index in [1.54, 1.807) is 6.92 Å². The number of hydrogen-bond acceptors (Lipinski definition) is 3. The molecule has 102 valence electrons. The van der Waals surface area contributed by atoms with E-state index in [2.05, 4.69) is 5.32 Å². The van der Waals surface area contributed by atoms with Crippen molar-refractivity contribution in [2.24, 2.45) is 0 Å². The Morgan fingerprint density at radius 1 is 1.44 bits per heavy atom. The van der Waals surface area contributed by atoms with E-state index in [0.29, 0.717) is 5.76 Å². The maximum absolute atomic E-state index is 12.1. The summed E-state index contributed by atoms with van der Waals surface area (Å²) in [6.07, 6.45) is -5.19. The highest BCUT2D eigenvalue weighted by Crippen LogP contribution is 2.23. The van der Waals surface area contributed by atoms with E-state index in [-0.39, 0.29) is 5.76 Å². The minimum atomic E-state index is -4.23. The molecule has 0 aliphatic heterocycles. The molecule has 1 aromatic rings. The van der Waals surface area contributed by atoms with Gasteiger partial charge in [0.15, 0.2) is 0 Å². The second kappa shape index (κ2) is 5.43. The number of alkyl halides is 3. The molecule has 0 aromatic carbocycles. The molecule has 0 aliphatic rings. The summed E-state index contributed by atoms with van der Waals surface area (Å²) in [5, 5.41) is 11.3. The van der Waals surface area contributed by atoms with Crippen LogP contribution >= 0.6 is 0 Å². The van der Waals surface area contributed by atoms with Crippen LogP contribution in [0.1, 0.15) is 42.6 Å². The van der Waals surface area contributed by atoms with Crippen LogP contribution in [0.15, 0.2) is 16.5 Å². The minimum absolute atomic E-state index is 0.234. The topological polar surface area (TPSA) is 62.5 Å². The van der Waals surface area contributed by atoms with Crippen molar-refractivity contribution in [3.8, 4) is 0 Å². The predicted octanol–water partition coefficient (Wildman–Crippen LogP) is 2.97. The van der Waals surface area contributed by atoms with Crippen molar-refractivity contribution in [2.45, 2.75) is 38.5 Å². The summed E-state index contributed by atoms with van der Waals surface area (Å²) in [4.78, 5) is 10.6. The predicted molar refractivity (Wildman–Crippen MR) is 57.4 cm³/mol. The van der Waals surface area contributed by atoms with Gasteiger partial charge in [0.2, 0.25) is 5.76 Å². The van der Waals surface area contributed by atoms with Gasteiger partial charge >= 0.3 is 12.1 Å². The molecule has 7 heteroatoms. The van der Waals surface area contributed by atoms with Crippen LogP contribution in [0.5, 0.6) is 0 Å². The van der Waals surface area contributed by atoms with Crippen LogP contribution in [-0.4, -0.2) is 23.3 Å². The molecule has 0 radical (unpaired) electrons. The number of carboxylic acids is 1. The van der Waals surface area contributed by atoms with Gasteiger partial charge in [-0.25, -0.2) is 4.79 Å². The van der Waals surface area contributed by atoms with E-state index < -0.39 is 30.7 Å². The van der Waals surface area contributed by atoms with Gasteiger partial charge in [-0.1, -0.05) is 0 Å². The third-order valence-electron chi connectivity index (χ3n) is 2.34. The average molecular weight is 265 g/mol. The Kier molecular flexibility index (Phi) is 4.39. The number of carbonyl (C=O) groups is 1. The first kappa shape index (κ1) is 14.6. The monoisotopic (exact) mass is 265 g/mol. The van der Waals surface area contributed by atoms with Gasteiger partial charge in [-0.2, -0.15) is 13.2 Å². The van der Waals surface area contributed by atoms with Crippen molar-refractivity contribution in [2.75, 3.05) is 0 Å². The lowest BCUT2D eigenvalue weighted by Crippen LogP contribution is -2.33. The molecular formula is C11H14F3NO3. The lowest BCUT2D eigenvalue weighted by molar-refractivity contribution is -0.139. The number of rotatable bonds is 5. The number of hydrogen-bond donors (Lipinski definition) is 2. The molecular weight excluding hydrogens is 251 g/mol. The van der Waals surface area contributed by atoms with Crippen LogP contribution in [0.3, 0.4) is 0 Å². The molecule has 2 atom stereocenters. The lowest BCUT2D eigenvalue weighted by Gasteiger charge is -2.19. The van der Waals surface area contributed by atoms with Gasteiger partial charge in [0.05, 0.1) is 12.5 Å². The highest BCUT2D eigenvalue weighted by molar-refractivity contribution is 5.84. The summed E-state index contributed by atoms with van der Waals surface area (Å²) in [7, 11) is 0. The Morgan fingerprint density at radius 3 is 2.50 bits per heavy atom. The molecule has 0 saturated carbocycles. The molecule has 1 rings (SSSR count). The Labute approximate surface area is 102 Å². The SMILES string of the molecule is CC(CC(F)(F)F)NC(C)c1ccc(C(=O)O)o1. The third-order valence-corrected chi connectivity index (χ3v) is 2.34.